The van der Waals surface area contributed by atoms with E-state index in [9.17, 15) is 4.79 Å². The molecule has 0 saturated carbocycles. The van der Waals surface area contributed by atoms with Gasteiger partial charge in [-0.1, -0.05) is 47.6 Å². The average Bonchev–Trinajstić information content (AvgIpc) is 3.18. The highest BCUT2D eigenvalue weighted by Crippen LogP contribution is 2.35. The number of hydrogen-bond acceptors (Lipinski definition) is 6. The number of anilines is 1. The van der Waals surface area contributed by atoms with Gasteiger partial charge < -0.3 is 14.2 Å². The van der Waals surface area contributed by atoms with E-state index < -0.39 is 0 Å². The van der Waals surface area contributed by atoms with Gasteiger partial charge in [0.25, 0.3) is 5.91 Å². The van der Waals surface area contributed by atoms with E-state index in [0.29, 0.717) is 33.1 Å². The Hall–Kier alpha value is -3.42. The van der Waals surface area contributed by atoms with Crippen LogP contribution in [0.15, 0.2) is 77.4 Å². The Morgan fingerprint density at radius 2 is 1.56 bits per heavy atom. The lowest BCUT2D eigenvalue weighted by Crippen LogP contribution is -2.30. The summed E-state index contributed by atoms with van der Waals surface area (Å²) < 4.78 is 15.8. The van der Waals surface area contributed by atoms with E-state index in [1.54, 1.807) is 50.5 Å². The Labute approximate surface area is 207 Å². The number of methoxy groups -OCH3 is 3. The van der Waals surface area contributed by atoms with Gasteiger partial charge in [-0.3, -0.25) is 9.69 Å². The summed E-state index contributed by atoms with van der Waals surface area (Å²) in [5.41, 5.74) is 2.91. The van der Waals surface area contributed by atoms with E-state index in [1.807, 2.05) is 48.5 Å². The largest absolute Gasteiger partial charge is 0.497 e. The molecule has 0 fully saturated rings. The van der Waals surface area contributed by atoms with Gasteiger partial charge in [-0.05, 0) is 53.6 Å². The monoisotopic (exact) mass is 494 g/mol. The number of halogens is 1. The van der Waals surface area contributed by atoms with Crippen LogP contribution in [0.3, 0.4) is 0 Å². The SMILES string of the molecule is COc1ccc(/C=C2\N=C(SCc3ccc(OC)cc3)N(c3ccc(Cl)c(OC)c3)C2=O)cc1. The molecule has 0 aliphatic carbocycles. The van der Waals surface area contributed by atoms with Crippen LogP contribution in [0.1, 0.15) is 11.1 Å². The summed E-state index contributed by atoms with van der Waals surface area (Å²) in [6, 6.07) is 20.5. The van der Waals surface area contributed by atoms with Gasteiger partial charge in [-0.25, -0.2) is 4.99 Å². The summed E-state index contributed by atoms with van der Waals surface area (Å²) in [4.78, 5) is 19.7. The molecule has 1 aliphatic rings. The first kappa shape index (κ1) is 23.7. The quantitative estimate of drug-likeness (QED) is 0.374. The maximum absolute atomic E-state index is 13.4. The predicted octanol–water partition coefficient (Wildman–Crippen LogP) is 6.04. The summed E-state index contributed by atoms with van der Waals surface area (Å²) in [6.07, 6.45) is 1.77. The number of hydrogen-bond donors (Lipinski definition) is 0. The Morgan fingerprint density at radius 3 is 2.18 bits per heavy atom. The Kier molecular flexibility index (Phi) is 7.45. The third kappa shape index (κ3) is 5.21. The predicted molar refractivity (Wildman–Crippen MR) is 138 cm³/mol. The van der Waals surface area contributed by atoms with Crippen LogP contribution in [-0.4, -0.2) is 32.4 Å². The van der Waals surface area contributed by atoms with Crippen molar-refractivity contribution >= 4 is 46.2 Å². The number of thioether (sulfide) groups is 1. The molecule has 0 bridgehead atoms. The van der Waals surface area contributed by atoms with Crippen molar-refractivity contribution in [2.45, 2.75) is 5.75 Å². The third-order valence-electron chi connectivity index (χ3n) is 5.17. The molecule has 6 nitrogen and oxygen atoms in total. The van der Waals surface area contributed by atoms with Crippen molar-refractivity contribution in [3.05, 3.63) is 88.6 Å². The molecular formula is C26H23ClN2O4S. The van der Waals surface area contributed by atoms with Gasteiger partial charge in [0.05, 0.1) is 32.0 Å². The molecule has 0 aromatic heterocycles. The van der Waals surface area contributed by atoms with Crippen LogP contribution >= 0.6 is 23.4 Å². The number of ether oxygens (including phenoxy) is 3. The first-order valence-electron chi connectivity index (χ1n) is 10.4. The van der Waals surface area contributed by atoms with Gasteiger partial charge in [0.15, 0.2) is 5.17 Å². The summed E-state index contributed by atoms with van der Waals surface area (Å²) in [5.74, 6) is 2.43. The van der Waals surface area contributed by atoms with Crippen molar-refractivity contribution in [2.24, 2.45) is 4.99 Å². The van der Waals surface area contributed by atoms with Gasteiger partial charge in [-0.2, -0.15) is 0 Å². The Balaban J connectivity index is 1.66. The average molecular weight is 495 g/mol. The van der Waals surface area contributed by atoms with Crippen molar-refractivity contribution < 1.29 is 19.0 Å². The summed E-state index contributed by atoms with van der Waals surface area (Å²) in [6.45, 7) is 0. The molecule has 0 saturated heterocycles. The fourth-order valence-electron chi connectivity index (χ4n) is 3.34. The highest BCUT2D eigenvalue weighted by atomic mass is 35.5. The zero-order valence-corrected chi connectivity index (χ0v) is 20.5. The highest BCUT2D eigenvalue weighted by molar-refractivity contribution is 8.13. The molecule has 1 amide bonds. The number of nitrogens with zero attached hydrogens (tertiary/aromatic N) is 2. The van der Waals surface area contributed by atoms with Gasteiger partial charge in [-0.15, -0.1) is 0 Å². The molecule has 0 spiro atoms. The van der Waals surface area contributed by atoms with Gasteiger partial charge in [0.2, 0.25) is 0 Å². The lowest BCUT2D eigenvalue weighted by Gasteiger charge is -2.19. The van der Waals surface area contributed by atoms with E-state index in [2.05, 4.69) is 4.99 Å². The van der Waals surface area contributed by atoms with Crippen molar-refractivity contribution in [3.63, 3.8) is 0 Å². The van der Waals surface area contributed by atoms with Crippen molar-refractivity contribution in [3.8, 4) is 17.2 Å². The third-order valence-corrected chi connectivity index (χ3v) is 6.49. The van der Waals surface area contributed by atoms with Crippen LogP contribution < -0.4 is 19.1 Å². The molecule has 0 atom stereocenters. The molecule has 0 N–H and O–H groups in total. The zero-order valence-electron chi connectivity index (χ0n) is 18.9. The van der Waals surface area contributed by atoms with Crippen molar-refractivity contribution in [1.29, 1.82) is 0 Å². The van der Waals surface area contributed by atoms with E-state index in [0.717, 1.165) is 22.6 Å². The molecule has 0 unspecified atom stereocenters. The second-order valence-electron chi connectivity index (χ2n) is 7.29. The Bertz CT molecular complexity index is 1240. The molecule has 174 valence electrons. The van der Waals surface area contributed by atoms with E-state index in [1.165, 1.54) is 11.8 Å². The lowest BCUT2D eigenvalue weighted by atomic mass is 10.2. The molecule has 1 aliphatic heterocycles. The molecule has 0 radical (unpaired) electrons. The van der Waals surface area contributed by atoms with Crippen molar-refractivity contribution in [2.75, 3.05) is 26.2 Å². The van der Waals surface area contributed by atoms with E-state index in [4.69, 9.17) is 25.8 Å². The first-order valence-corrected chi connectivity index (χ1v) is 11.8. The Morgan fingerprint density at radius 1 is 0.912 bits per heavy atom. The minimum Gasteiger partial charge on any atom is -0.497 e. The number of carbonyl (C=O) groups is 1. The minimum absolute atomic E-state index is 0.225. The molecule has 8 heteroatoms. The molecule has 1 heterocycles. The molecular weight excluding hydrogens is 472 g/mol. The van der Waals surface area contributed by atoms with Crippen LogP contribution in [0.2, 0.25) is 5.02 Å². The molecule has 34 heavy (non-hydrogen) atoms. The number of benzene rings is 3. The van der Waals surface area contributed by atoms with Gasteiger partial charge in [0, 0.05) is 11.8 Å². The zero-order chi connectivity index (χ0) is 24.1. The number of amides is 1. The standard InChI is InChI=1S/C26H23ClN2O4S/c1-31-20-9-4-17(5-10-20)14-23-25(30)29(19-8-13-22(27)24(15-19)33-3)26(28-23)34-16-18-6-11-21(32-2)12-7-18/h4-15H,16H2,1-3H3/b23-14-. The van der Waals surface area contributed by atoms with Crippen LogP contribution in [0, 0.1) is 0 Å². The normalized spacial score (nSPS) is 14.4. The summed E-state index contributed by atoms with van der Waals surface area (Å²) in [7, 11) is 4.79. The van der Waals surface area contributed by atoms with Crippen molar-refractivity contribution in [1.82, 2.24) is 0 Å². The lowest BCUT2D eigenvalue weighted by molar-refractivity contribution is -0.113. The highest BCUT2D eigenvalue weighted by Gasteiger charge is 2.32. The fourth-order valence-corrected chi connectivity index (χ4v) is 4.50. The van der Waals surface area contributed by atoms with Gasteiger partial charge in [0.1, 0.15) is 22.9 Å². The first-order chi connectivity index (χ1) is 16.5. The molecule has 3 aromatic rings. The topological polar surface area (TPSA) is 60.4 Å². The number of carbonyl (C=O) groups excluding carboxylic acids is 1. The number of amidine groups is 1. The second-order valence-corrected chi connectivity index (χ2v) is 8.64. The maximum atomic E-state index is 13.4. The van der Waals surface area contributed by atoms with Crippen LogP contribution in [0.4, 0.5) is 5.69 Å². The second kappa shape index (κ2) is 10.7. The van der Waals surface area contributed by atoms with Crippen LogP contribution in [0.25, 0.3) is 6.08 Å². The van der Waals surface area contributed by atoms with E-state index in [-0.39, 0.29) is 5.91 Å². The minimum atomic E-state index is -0.225. The van der Waals surface area contributed by atoms with Crippen LogP contribution in [-0.2, 0) is 10.5 Å². The smallest absolute Gasteiger partial charge is 0.283 e. The fraction of sp³-hybridized carbons (Fsp3) is 0.154. The van der Waals surface area contributed by atoms with Crippen LogP contribution in [0.5, 0.6) is 17.2 Å². The van der Waals surface area contributed by atoms with E-state index >= 15 is 0 Å². The van der Waals surface area contributed by atoms with Gasteiger partial charge >= 0.3 is 0 Å². The number of rotatable bonds is 7. The molecule has 4 rings (SSSR count). The number of aliphatic imine (C=N–C) groups is 1. The molecule has 3 aromatic carbocycles. The summed E-state index contributed by atoms with van der Waals surface area (Å²) in [5, 5.41) is 1.04. The summed E-state index contributed by atoms with van der Waals surface area (Å²) >= 11 is 7.68. The maximum Gasteiger partial charge on any atom is 0.283 e.